The lowest BCUT2D eigenvalue weighted by atomic mass is 9.91. The van der Waals surface area contributed by atoms with Gasteiger partial charge in [0.25, 0.3) is 0 Å². The van der Waals surface area contributed by atoms with Crippen LogP contribution in [0, 0.1) is 6.92 Å². The lowest BCUT2D eigenvalue weighted by Gasteiger charge is -2.14. The average molecular weight is 389 g/mol. The Balaban J connectivity index is 2.06. The predicted octanol–water partition coefficient (Wildman–Crippen LogP) is 4.72. The highest BCUT2D eigenvalue weighted by Crippen LogP contribution is 2.40. The fourth-order valence-corrected chi connectivity index (χ4v) is 3.80. The molecule has 0 spiro atoms. The van der Waals surface area contributed by atoms with E-state index in [-0.39, 0.29) is 17.7 Å². The lowest BCUT2D eigenvalue weighted by molar-refractivity contribution is -0.136. The number of phenols is 1. The Bertz CT molecular complexity index is 1290. The number of hydrogen-bond donors (Lipinski definition) is 4. The van der Waals surface area contributed by atoms with E-state index in [1.807, 2.05) is 37.3 Å². The van der Waals surface area contributed by atoms with Crippen molar-refractivity contribution in [2.45, 2.75) is 19.8 Å². The van der Waals surface area contributed by atoms with Gasteiger partial charge in [-0.15, -0.1) is 0 Å². The maximum absolute atomic E-state index is 11.7. The quantitative estimate of drug-likeness (QED) is 0.395. The van der Waals surface area contributed by atoms with Crippen molar-refractivity contribution in [2.24, 2.45) is 0 Å². The van der Waals surface area contributed by atoms with Crippen LogP contribution in [0.25, 0.3) is 32.8 Å². The largest absolute Gasteiger partial charge is 0.506 e. The van der Waals surface area contributed by atoms with E-state index in [0.717, 1.165) is 33.1 Å². The van der Waals surface area contributed by atoms with E-state index in [9.17, 15) is 19.8 Å². The van der Waals surface area contributed by atoms with E-state index in [1.165, 1.54) is 6.07 Å². The second kappa shape index (κ2) is 6.98. The van der Waals surface area contributed by atoms with E-state index in [4.69, 9.17) is 5.11 Å². The van der Waals surface area contributed by atoms with Gasteiger partial charge in [-0.25, -0.2) is 4.79 Å². The zero-order chi connectivity index (χ0) is 20.7. The van der Waals surface area contributed by atoms with Crippen LogP contribution in [0.15, 0.2) is 48.5 Å². The molecular weight excluding hydrogens is 370 g/mol. The summed E-state index contributed by atoms with van der Waals surface area (Å²) >= 11 is 0. The zero-order valence-corrected chi connectivity index (χ0v) is 15.7. The van der Waals surface area contributed by atoms with Crippen molar-refractivity contribution in [1.82, 2.24) is 4.98 Å². The predicted molar refractivity (Wildman–Crippen MR) is 111 cm³/mol. The summed E-state index contributed by atoms with van der Waals surface area (Å²) in [6.07, 6.45) is 0.370. The SMILES string of the molecule is Cc1cc2cc(CCC(=O)O)cc(-c3cc(C(=O)O)c(O)c4ccccc34)c2[nH]1. The third-order valence-corrected chi connectivity index (χ3v) is 5.09. The first-order valence-electron chi connectivity index (χ1n) is 9.17. The van der Waals surface area contributed by atoms with Gasteiger partial charge in [-0.1, -0.05) is 24.3 Å². The topological polar surface area (TPSA) is 111 Å². The molecule has 0 saturated heterocycles. The van der Waals surface area contributed by atoms with Crippen molar-refractivity contribution in [2.75, 3.05) is 0 Å². The summed E-state index contributed by atoms with van der Waals surface area (Å²) in [6, 6.07) is 14.4. The molecule has 0 bridgehead atoms. The van der Waals surface area contributed by atoms with Gasteiger partial charge >= 0.3 is 11.9 Å². The van der Waals surface area contributed by atoms with Crippen molar-refractivity contribution in [1.29, 1.82) is 0 Å². The standard InChI is InChI=1S/C23H19NO5/c1-12-8-14-9-13(6-7-20(25)26)10-18(21(14)24-12)17-11-19(23(28)29)22(27)16-5-3-2-4-15(16)17/h2-5,8-11,24,27H,6-7H2,1H3,(H,25,26)(H,28,29). The number of H-pyrrole nitrogens is 1. The number of hydrogen-bond acceptors (Lipinski definition) is 3. The number of nitrogens with one attached hydrogen (secondary N) is 1. The maximum Gasteiger partial charge on any atom is 0.339 e. The fraction of sp³-hybridized carbons (Fsp3) is 0.130. The molecule has 0 amide bonds. The van der Waals surface area contributed by atoms with Crippen LogP contribution in [-0.4, -0.2) is 32.2 Å². The number of rotatable bonds is 5. The van der Waals surface area contributed by atoms with Gasteiger partial charge in [-0.2, -0.15) is 0 Å². The Morgan fingerprint density at radius 2 is 1.69 bits per heavy atom. The first-order valence-corrected chi connectivity index (χ1v) is 9.17. The van der Waals surface area contributed by atoms with Crippen molar-refractivity contribution >= 4 is 33.6 Å². The first-order chi connectivity index (χ1) is 13.8. The fourth-order valence-electron chi connectivity index (χ4n) is 3.80. The van der Waals surface area contributed by atoms with Crippen LogP contribution in [0.3, 0.4) is 0 Å². The number of aromatic hydroxyl groups is 1. The number of aromatic nitrogens is 1. The molecule has 0 aliphatic rings. The highest BCUT2D eigenvalue weighted by molar-refractivity contribution is 6.10. The van der Waals surface area contributed by atoms with Crippen molar-refractivity contribution in [3.63, 3.8) is 0 Å². The molecule has 4 aromatic rings. The molecule has 0 unspecified atom stereocenters. The molecule has 1 aromatic heterocycles. The van der Waals surface area contributed by atoms with Gasteiger partial charge in [-0.05, 0) is 54.1 Å². The number of fused-ring (bicyclic) bond motifs is 2. The highest BCUT2D eigenvalue weighted by atomic mass is 16.4. The molecule has 0 atom stereocenters. The summed E-state index contributed by atoms with van der Waals surface area (Å²) in [5.74, 6) is -2.35. The third kappa shape index (κ3) is 3.29. The Hall–Kier alpha value is -3.80. The molecule has 4 N–H and O–H groups in total. The summed E-state index contributed by atoms with van der Waals surface area (Å²) in [5, 5.41) is 31.2. The zero-order valence-electron chi connectivity index (χ0n) is 15.7. The molecule has 146 valence electrons. The number of aliphatic carboxylic acids is 1. The second-order valence-electron chi connectivity index (χ2n) is 7.12. The van der Waals surface area contributed by atoms with E-state index >= 15 is 0 Å². The minimum absolute atomic E-state index is 0.00501. The molecule has 4 rings (SSSR count). The number of carboxylic acids is 2. The molecule has 0 saturated carbocycles. The number of aryl methyl sites for hydroxylation is 2. The summed E-state index contributed by atoms with van der Waals surface area (Å²) in [4.78, 5) is 26.1. The minimum atomic E-state index is -1.21. The van der Waals surface area contributed by atoms with Crippen LogP contribution in [0.1, 0.15) is 28.0 Å². The number of aromatic carboxylic acids is 1. The van der Waals surface area contributed by atoms with Gasteiger partial charge in [0, 0.05) is 28.5 Å². The minimum Gasteiger partial charge on any atom is -0.506 e. The first kappa shape index (κ1) is 18.6. The van der Waals surface area contributed by atoms with Crippen LogP contribution in [-0.2, 0) is 11.2 Å². The van der Waals surface area contributed by atoms with Gasteiger partial charge in [0.2, 0.25) is 0 Å². The smallest absolute Gasteiger partial charge is 0.339 e. The Kier molecular flexibility index (Phi) is 4.47. The normalized spacial score (nSPS) is 11.2. The maximum atomic E-state index is 11.7. The molecule has 0 aliphatic carbocycles. The number of benzene rings is 3. The molecule has 0 fully saturated rings. The summed E-state index contributed by atoms with van der Waals surface area (Å²) < 4.78 is 0. The highest BCUT2D eigenvalue weighted by Gasteiger charge is 2.19. The summed E-state index contributed by atoms with van der Waals surface area (Å²) in [7, 11) is 0. The lowest BCUT2D eigenvalue weighted by Crippen LogP contribution is -2.00. The number of carbonyl (C=O) groups is 2. The third-order valence-electron chi connectivity index (χ3n) is 5.09. The van der Waals surface area contributed by atoms with Crippen LogP contribution >= 0.6 is 0 Å². The monoisotopic (exact) mass is 389 g/mol. The molecule has 6 nitrogen and oxygen atoms in total. The van der Waals surface area contributed by atoms with Crippen LogP contribution in [0.5, 0.6) is 5.75 Å². The van der Waals surface area contributed by atoms with Gasteiger partial charge in [0.15, 0.2) is 0 Å². The van der Waals surface area contributed by atoms with Crippen molar-refractivity contribution in [3.8, 4) is 16.9 Å². The number of carboxylic acid groups (broad SMARTS) is 2. The van der Waals surface area contributed by atoms with Crippen LogP contribution in [0.4, 0.5) is 0 Å². The van der Waals surface area contributed by atoms with Gasteiger partial charge < -0.3 is 20.3 Å². The van der Waals surface area contributed by atoms with Gasteiger partial charge in [-0.3, -0.25) is 4.79 Å². The van der Waals surface area contributed by atoms with Crippen molar-refractivity contribution in [3.05, 3.63) is 65.4 Å². The van der Waals surface area contributed by atoms with Gasteiger partial charge in [0.1, 0.15) is 11.3 Å². The van der Waals surface area contributed by atoms with E-state index in [1.54, 1.807) is 12.1 Å². The molecule has 0 aliphatic heterocycles. The molecule has 29 heavy (non-hydrogen) atoms. The second-order valence-corrected chi connectivity index (χ2v) is 7.12. The van der Waals surface area contributed by atoms with Crippen LogP contribution < -0.4 is 0 Å². The van der Waals surface area contributed by atoms with Crippen molar-refractivity contribution < 1.29 is 24.9 Å². The molecule has 6 heteroatoms. The Morgan fingerprint density at radius 3 is 2.38 bits per heavy atom. The van der Waals surface area contributed by atoms with Gasteiger partial charge in [0.05, 0.1) is 5.52 Å². The number of aromatic amines is 1. The summed E-state index contributed by atoms with van der Waals surface area (Å²) in [5.41, 5.74) is 3.90. The average Bonchev–Trinajstić information content (AvgIpc) is 3.06. The molecule has 0 radical (unpaired) electrons. The van der Waals surface area contributed by atoms with E-state index < -0.39 is 11.9 Å². The molecule has 3 aromatic carbocycles. The van der Waals surface area contributed by atoms with Crippen LogP contribution in [0.2, 0.25) is 0 Å². The summed E-state index contributed by atoms with van der Waals surface area (Å²) in [6.45, 7) is 1.93. The molecule has 1 heterocycles. The molecular formula is C23H19NO5. The Labute approximate surface area is 166 Å². The Morgan fingerprint density at radius 1 is 0.966 bits per heavy atom. The van der Waals surface area contributed by atoms with E-state index in [2.05, 4.69) is 4.98 Å². The van der Waals surface area contributed by atoms with E-state index in [0.29, 0.717) is 17.4 Å².